The molecule has 0 fully saturated rings. The summed E-state index contributed by atoms with van der Waals surface area (Å²) in [6.07, 6.45) is -1.39. The summed E-state index contributed by atoms with van der Waals surface area (Å²) in [4.78, 5) is 21.4. The number of aromatic nitrogens is 4. The predicted octanol–water partition coefficient (Wildman–Crippen LogP) is 6.20. The number of para-hydroxylation sites is 1. The first kappa shape index (κ1) is 21.4. The molecule has 4 rings (SSSR count). The van der Waals surface area contributed by atoms with Crippen LogP contribution in [0.4, 0.5) is 13.9 Å². The highest BCUT2D eigenvalue weighted by Crippen LogP contribution is 2.32. The molecule has 1 amide bonds. The van der Waals surface area contributed by atoms with Crippen molar-refractivity contribution in [1.29, 1.82) is 0 Å². The first-order valence-electron chi connectivity index (χ1n) is 8.87. The molecule has 1 aromatic carbocycles. The Morgan fingerprint density at radius 3 is 2.61 bits per heavy atom. The zero-order valence-corrected chi connectivity index (χ0v) is 18.1. The highest BCUT2D eigenvalue weighted by atomic mass is 35.5. The van der Waals surface area contributed by atoms with Gasteiger partial charge < -0.3 is 0 Å². The molecule has 6 nitrogen and oxygen atoms in total. The van der Waals surface area contributed by atoms with E-state index in [0.717, 1.165) is 16.0 Å². The summed E-state index contributed by atoms with van der Waals surface area (Å²) in [5, 5.41) is 9.21. The van der Waals surface area contributed by atoms with E-state index in [1.165, 1.54) is 6.92 Å². The summed E-state index contributed by atoms with van der Waals surface area (Å²) in [6, 6.07) is 9.78. The van der Waals surface area contributed by atoms with Crippen LogP contribution in [0.25, 0.3) is 17.1 Å². The predicted molar refractivity (Wildman–Crippen MR) is 117 cm³/mol. The second kappa shape index (κ2) is 8.70. The molecule has 0 aliphatic heterocycles. The van der Waals surface area contributed by atoms with E-state index >= 15 is 0 Å². The summed E-state index contributed by atoms with van der Waals surface area (Å²) in [5.41, 5.74) is 0.524. The lowest BCUT2D eigenvalue weighted by atomic mass is 10.1. The molecule has 0 spiro atoms. The van der Waals surface area contributed by atoms with E-state index in [2.05, 4.69) is 20.4 Å². The van der Waals surface area contributed by atoms with Crippen LogP contribution in [-0.2, 0) is 0 Å². The molecule has 0 unspecified atom stereocenters. The van der Waals surface area contributed by atoms with Crippen LogP contribution in [0.5, 0.6) is 0 Å². The fourth-order valence-corrected chi connectivity index (χ4v) is 4.13. The third-order valence-electron chi connectivity index (χ3n) is 4.34. The molecule has 31 heavy (non-hydrogen) atoms. The van der Waals surface area contributed by atoms with Gasteiger partial charge in [0.15, 0.2) is 5.13 Å². The van der Waals surface area contributed by atoms with Crippen molar-refractivity contribution in [2.45, 2.75) is 13.3 Å². The first-order valence-corrected chi connectivity index (χ1v) is 10.5. The van der Waals surface area contributed by atoms with Crippen LogP contribution < -0.4 is 5.32 Å². The van der Waals surface area contributed by atoms with Gasteiger partial charge in [0.25, 0.3) is 12.3 Å². The maximum atomic E-state index is 14.0. The van der Waals surface area contributed by atoms with E-state index in [0.29, 0.717) is 16.4 Å². The Hall–Kier alpha value is -2.88. The zero-order valence-electron chi connectivity index (χ0n) is 15.8. The molecule has 0 atom stereocenters. The zero-order chi connectivity index (χ0) is 22.1. The number of amides is 1. The third kappa shape index (κ3) is 4.16. The number of carbonyl (C=O) groups is 1. The van der Waals surface area contributed by atoms with Crippen LogP contribution in [0.1, 0.15) is 28.2 Å². The van der Waals surface area contributed by atoms with Crippen molar-refractivity contribution < 1.29 is 13.6 Å². The number of carbonyl (C=O) groups excluding carboxylic acids is 1. The quantitative estimate of drug-likeness (QED) is 0.370. The van der Waals surface area contributed by atoms with Crippen molar-refractivity contribution >= 4 is 45.6 Å². The number of anilines is 1. The van der Waals surface area contributed by atoms with E-state index < -0.39 is 18.0 Å². The van der Waals surface area contributed by atoms with Crippen LogP contribution in [-0.4, -0.2) is 25.7 Å². The maximum absolute atomic E-state index is 14.0. The van der Waals surface area contributed by atoms with Crippen LogP contribution >= 0.6 is 34.5 Å². The van der Waals surface area contributed by atoms with Gasteiger partial charge in [0, 0.05) is 11.6 Å². The standard InChI is InChI=1S/C20H13Cl2F2N5OS/c1-10-15(17(18(23)24)29(28-10)14-7-3-2-5-11(14)21)19(30)27-20-26-13(9-31-20)16-12(22)6-4-8-25-16/h2-9,18H,1H3,(H,26,27,30). The molecule has 0 saturated heterocycles. The van der Waals surface area contributed by atoms with Crippen molar-refractivity contribution in [3.8, 4) is 17.1 Å². The van der Waals surface area contributed by atoms with Crippen molar-refractivity contribution in [2.75, 3.05) is 5.32 Å². The Morgan fingerprint density at radius 1 is 1.16 bits per heavy atom. The highest BCUT2D eigenvalue weighted by molar-refractivity contribution is 7.14. The third-order valence-corrected chi connectivity index (χ3v) is 5.72. The van der Waals surface area contributed by atoms with Gasteiger partial charge in [-0.25, -0.2) is 18.4 Å². The van der Waals surface area contributed by atoms with Crippen molar-refractivity contribution in [3.05, 3.63) is 75.0 Å². The van der Waals surface area contributed by atoms with Gasteiger partial charge in [-0.1, -0.05) is 35.3 Å². The lowest BCUT2D eigenvalue weighted by Crippen LogP contribution is -2.15. The molecule has 0 aliphatic carbocycles. The topological polar surface area (TPSA) is 72.7 Å². The van der Waals surface area contributed by atoms with Gasteiger partial charge in [0.1, 0.15) is 17.1 Å². The average molecular weight is 480 g/mol. The number of pyridine rings is 1. The molecule has 1 N–H and O–H groups in total. The van der Waals surface area contributed by atoms with Crippen LogP contribution in [0.2, 0.25) is 10.0 Å². The van der Waals surface area contributed by atoms with Gasteiger partial charge in [-0.2, -0.15) is 5.10 Å². The van der Waals surface area contributed by atoms with Gasteiger partial charge in [0.05, 0.1) is 27.0 Å². The Morgan fingerprint density at radius 2 is 1.90 bits per heavy atom. The molecule has 0 bridgehead atoms. The van der Waals surface area contributed by atoms with Gasteiger partial charge in [0.2, 0.25) is 0 Å². The maximum Gasteiger partial charge on any atom is 0.281 e. The number of nitrogens with one attached hydrogen (secondary N) is 1. The van der Waals surface area contributed by atoms with Crippen molar-refractivity contribution in [3.63, 3.8) is 0 Å². The molecule has 0 aliphatic rings. The molecule has 158 valence electrons. The Balaban J connectivity index is 1.69. The Kier molecular flexibility index (Phi) is 5.99. The molecule has 3 aromatic heterocycles. The minimum atomic E-state index is -2.96. The number of aryl methyl sites for hydroxylation is 1. The van der Waals surface area contributed by atoms with Crippen molar-refractivity contribution in [1.82, 2.24) is 19.7 Å². The number of hydrogen-bond acceptors (Lipinski definition) is 5. The smallest absolute Gasteiger partial charge is 0.281 e. The largest absolute Gasteiger partial charge is 0.298 e. The molecule has 0 radical (unpaired) electrons. The Bertz CT molecular complexity index is 1270. The summed E-state index contributed by atoms with van der Waals surface area (Å²) < 4.78 is 28.9. The van der Waals surface area contributed by atoms with E-state index in [1.54, 1.807) is 48.0 Å². The molecular weight excluding hydrogens is 467 g/mol. The number of rotatable bonds is 5. The molecule has 3 heterocycles. The fraction of sp³-hybridized carbons (Fsp3) is 0.100. The molecule has 11 heteroatoms. The minimum Gasteiger partial charge on any atom is -0.298 e. The number of alkyl halides is 2. The number of halogens is 4. The molecular formula is C20H13Cl2F2N5OS. The average Bonchev–Trinajstić information content (AvgIpc) is 3.33. The van der Waals surface area contributed by atoms with E-state index in [4.69, 9.17) is 23.2 Å². The fourth-order valence-electron chi connectivity index (χ4n) is 3.01. The van der Waals surface area contributed by atoms with E-state index in [9.17, 15) is 13.6 Å². The van der Waals surface area contributed by atoms with Crippen LogP contribution in [0, 0.1) is 6.92 Å². The van der Waals surface area contributed by atoms with E-state index in [-0.39, 0.29) is 27.1 Å². The Labute approximate surface area is 189 Å². The number of hydrogen-bond donors (Lipinski definition) is 1. The van der Waals surface area contributed by atoms with Gasteiger partial charge in [-0.05, 0) is 31.2 Å². The number of benzene rings is 1. The molecule has 4 aromatic rings. The van der Waals surface area contributed by atoms with E-state index in [1.807, 2.05) is 0 Å². The number of thiazole rings is 1. The lowest BCUT2D eigenvalue weighted by molar-refractivity contribution is 0.100. The van der Waals surface area contributed by atoms with Crippen LogP contribution in [0.3, 0.4) is 0 Å². The summed E-state index contributed by atoms with van der Waals surface area (Å²) in [5.74, 6) is -0.751. The SMILES string of the molecule is Cc1nn(-c2ccccc2Cl)c(C(F)F)c1C(=O)Nc1nc(-c2ncccc2Cl)cs1. The second-order valence-corrected chi connectivity index (χ2v) is 8.01. The minimum absolute atomic E-state index is 0.136. The summed E-state index contributed by atoms with van der Waals surface area (Å²) in [6.45, 7) is 1.48. The number of nitrogens with zero attached hydrogens (tertiary/aromatic N) is 4. The van der Waals surface area contributed by atoms with Gasteiger partial charge in [-0.15, -0.1) is 11.3 Å². The lowest BCUT2D eigenvalue weighted by Gasteiger charge is -2.10. The van der Waals surface area contributed by atoms with Gasteiger partial charge in [-0.3, -0.25) is 15.1 Å². The summed E-state index contributed by atoms with van der Waals surface area (Å²) >= 11 is 13.4. The molecule has 0 saturated carbocycles. The highest BCUT2D eigenvalue weighted by Gasteiger charge is 2.29. The normalized spacial score (nSPS) is 11.2. The van der Waals surface area contributed by atoms with Gasteiger partial charge >= 0.3 is 0 Å². The first-order chi connectivity index (χ1) is 14.9. The summed E-state index contributed by atoms with van der Waals surface area (Å²) in [7, 11) is 0. The monoisotopic (exact) mass is 479 g/mol. The van der Waals surface area contributed by atoms with Crippen molar-refractivity contribution in [2.24, 2.45) is 0 Å². The van der Waals surface area contributed by atoms with Crippen LogP contribution in [0.15, 0.2) is 48.0 Å². The second-order valence-electron chi connectivity index (χ2n) is 6.34.